The number of fused-ring (bicyclic) bond motifs is 1. The van der Waals surface area contributed by atoms with Crippen molar-refractivity contribution in [1.82, 2.24) is 4.90 Å². The maximum atomic E-state index is 12.8. The van der Waals surface area contributed by atoms with Crippen LogP contribution < -0.4 is 15.4 Å². The third kappa shape index (κ3) is 3.77. The van der Waals surface area contributed by atoms with E-state index < -0.39 is 0 Å². The second-order valence-corrected chi connectivity index (χ2v) is 6.72. The lowest BCUT2D eigenvalue weighted by molar-refractivity contribution is -0.131. The minimum atomic E-state index is -0.208. The zero-order valence-corrected chi connectivity index (χ0v) is 15.6. The summed E-state index contributed by atoms with van der Waals surface area (Å²) in [5.74, 6) is 0.442. The Morgan fingerprint density at radius 2 is 1.78 bits per heavy atom. The van der Waals surface area contributed by atoms with Gasteiger partial charge >= 0.3 is 0 Å². The van der Waals surface area contributed by atoms with Crippen LogP contribution in [-0.4, -0.2) is 49.0 Å². The van der Waals surface area contributed by atoms with E-state index in [1.54, 1.807) is 17.0 Å². The molecule has 4 rings (SSSR count). The van der Waals surface area contributed by atoms with Crippen LogP contribution in [0.15, 0.2) is 54.6 Å². The van der Waals surface area contributed by atoms with Gasteiger partial charge in [-0.25, -0.2) is 0 Å². The predicted octanol–water partition coefficient (Wildman–Crippen LogP) is 1.79. The summed E-state index contributed by atoms with van der Waals surface area (Å²) >= 11 is 0. The van der Waals surface area contributed by atoms with Crippen molar-refractivity contribution in [2.45, 2.75) is 12.0 Å². The third-order valence-electron chi connectivity index (χ3n) is 5.05. The summed E-state index contributed by atoms with van der Waals surface area (Å²) < 4.78 is 5.43. The van der Waals surface area contributed by atoms with E-state index in [-0.39, 0.29) is 49.3 Å². The molecule has 2 aromatic rings. The number of anilines is 1. The molecule has 2 aliphatic heterocycles. The first-order chi connectivity index (χ1) is 12.6. The maximum absolute atomic E-state index is 12.8. The fourth-order valence-corrected chi connectivity index (χ4v) is 3.65. The molecule has 2 aromatic carbocycles. The normalized spacial score (nSPS) is 21.3. The van der Waals surface area contributed by atoms with Crippen molar-refractivity contribution in [2.24, 2.45) is 5.73 Å². The predicted molar refractivity (Wildman–Crippen MR) is 105 cm³/mol. The van der Waals surface area contributed by atoms with Crippen LogP contribution in [-0.2, 0) is 9.59 Å². The quantitative estimate of drug-likeness (QED) is 0.871. The van der Waals surface area contributed by atoms with Crippen molar-refractivity contribution < 1.29 is 14.3 Å². The van der Waals surface area contributed by atoms with Gasteiger partial charge in [0.15, 0.2) is 6.61 Å². The summed E-state index contributed by atoms with van der Waals surface area (Å²) in [7, 11) is 0. The van der Waals surface area contributed by atoms with Crippen LogP contribution in [0.4, 0.5) is 5.69 Å². The van der Waals surface area contributed by atoms with Crippen LogP contribution >= 0.6 is 12.4 Å². The van der Waals surface area contributed by atoms with E-state index in [1.807, 2.05) is 42.5 Å². The Bertz CT molecular complexity index is 830. The Morgan fingerprint density at radius 1 is 1.07 bits per heavy atom. The standard InChI is InChI=1S/C20H21N3O3.ClH/c21-16-11-22(10-15(16)14-6-2-1-3-7-14)19(24)12-23-17-8-4-5-9-18(17)26-13-20(23)25;/h1-9,15-16H,10-13,21H2;1H/t15-,16+;/m0./s1. The fourth-order valence-electron chi connectivity index (χ4n) is 3.65. The first-order valence-electron chi connectivity index (χ1n) is 8.74. The zero-order valence-electron chi connectivity index (χ0n) is 14.8. The van der Waals surface area contributed by atoms with Crippen molar-refractivity contribution in [1.29, 1.82) is 0 Å². The van der Waals surface area contributed by atoms with Gasteiger partial charge in [-0.1, -0.05) is 42.5 Å². The molecule has 2 amide bonds. The molecule has 2 heterocycles. The highest BCUT2D eigenvalue weighted by molar-refractivity contribution is 6.02. The van der Waals surface area contributed by atoms with Crippen molar-refractivity contribution in [3.63, 3.8) is 0 Å². The number of amides is 2. The molecule has 2 atom stereocenters. The van der Waals surface area contributed by atoms with E-state index in [2.05, 4.69) is 0 Å². The van der Waals surface area contributed by atoms with Gasteiger partial charge in [0.25, 0.3) is 5.91 Å². The fraction of sp³-hybridized carbons (Fsp3) is 0.300. The molecular weight excluding hydrogens is 366 g/mol. The number of hydrogen-bond donors (Lipinski definition) is 1. The molecular formula is C20H22ClN3O3. The number of nitrogens with two attached hydrogens (primary N) is 1. The largest absolute Gasteiger partial charge is 0.482 e. The summed E-state index contributed by atoms with van der Waals surface area (Å²) in [5, 5.41) is 0. The van der Waals surface area contributed by atoms with Gasteiger partial charge in [-0.15, -0.1) is 12.4 Å². The van der Waals surface area contributed by atoms with Gasteiger partial charge in [-0.2, -0.15) is 0 Å². The molecule has 0 bridgehead atoms. The minimum absolute atomic E-state index is 0. The lowest BCUT2D eigenvalue weighted by atomic mass is 9.95. The molecule has 7 heteroatoms. The van der Waals surface area contributed by atoms with Crippen molar-refractivity contribution in [3.05, 3.63) is 60.2 Å². The summed E-state index contributed by atoms with van der Waals surface area (Å²) in [6.45, 7) is 1.03. The number of nitrogens with zero attached hydrogens (tertiary/aromatic N) is 2. The summed E-state index contributed by atoms with van der Waals surface area (Å²) in [5.41, 5.74) is 8.06. The van der Waals surface area contributed by atoms with Crippen molar-refractivity contribution in [3.8, 4) is 5.75 Å². The number of carbonyl (C=O) groups is 2. The average Bonchev–Trinajstić information content (AvgIpc) is 3.06. The van der Waals surface area contributed by atoms with E-state index >= 15 is 0 Å². The maximum Gasteiger partial charge on any atom is 0.265 e. The number of rotatable bonds is 3. The topological polar surface area (TPSA) is 75.9 Å². The van der Waals surface area contributed by atoms with Gasteiger partial charge in [-0.05, 0) is 17.7 Å². The van der Waals surface area contributed by atoms with Crippen LogP contribution in [0.25, 0.3) is 0 Å². The van der Waals surface area contributed by atoms with Crippen molar-refractivity contribution in [2.75, 3.05) is 31.1 Å². The van der Waals surface area contributed by atoms with Gasteiger partial charge in [0.1, 0.15) is 12.3 Å². The smallest absolute Gasteiger partial charge is 0.265 e. The Hall–Kier alpha value is -2.57. The minimum Gasteiger partial charge on any atom is -0.482 e. The van der Waals surface area contributed by atoms with Crippen LogP contribution in [0.2, 0.25) is 0 Å². The van der Waals surface area contributed by atoms with E-state index in [0.29, 0.717) is 24.5 Å². The summed E-state index contributed by atoms with van der Waals surface area (Å²) in [4.78, 5) is 28.4. The van der Waals surface area contributed by atoms with Gasteiger partial charge in [0, 0.05) is 25.0 Å². The summed E-state index contributed by atoms with van der Waals surface area (Å²) in [6, 6.07) is 17.2. The van der Waals surface area contributed by atoms with Gasteiger partial charge in [0.2, 0.25) is 5.91 Å². The highest BCUT2D eigenvalue weighted by atomic mass is 35.5. The molecule has 27 heavy (non-hydrogen) atoms. The molecule has 0 aliphatic carbocycles. The molecule has 1 fully saturated rings. The second-order valence-electron chi connectivity index (χ2n) is 6.72. The lowest BCUT2D eigenvalue weighted by Crippen LogP contribution is -2.46. The molecule has 0 radical (unpaired) electrons. The van der Waals surface area contributed by atoms with Gasteiger partial charge in [0.05, 0.1) is 5.69 Å². The number of carbonyl (C=O) groups excluding carboxylic acids is 2. The Balaban J connectivity index is 0.00000210. The van der Waals surface area contributed by atoms with Crippen LogP contribution in [0.3, 0.4) is 0 Å². The van der Waals surface area contributed by atoms with Crippen molar-refractivity contribution >= 4 is 29.9 Å². The van der Waals surface area contributed by atoms with Crippen LogP contribution in [0.5, 0.6) is 5.75 Å². The molecule has 2 aliphatic rings. The number of benzene rings is 2. The van der Waals surface area contributed by atoms with E-state index in [0.717, 1.165) is 5.56 Å². The first-order valence-corrected chi connectivity index (χ1v) is 8.74. The highest BCUT2D eigenvalue weighted by Gasteiger charge is 2.36. The third-order valence-corrected chi connectivity index (χ3v) is 5.05. The molecule has 6 nitrogen and oxygen atoms in total. The molecule has 0 spiro atoms. The van der Waals surface area contributed by atoms with E-state index in [9.17, 15) is 9.59 Å². The summed E-state index contributed by atoms with van der Waals surface area (Å²) in [6.07, 6.45) is 0. The molecule has 1 saturated heterocycles. The zero-order chi connectivity index (χ0) is 18.1. The lowest BCUT2D eigenvalue weighted by Gasteiger charge is -2.30. The van der Waals surface area contributed by atoms with Gasteiger partial charge < -0.3 is 15.4 Å². The number of hydrogen-bond acceptors (Lipinski definition) is 4. The molecule has 0 aromatic heterocycles. The molecule has 0 unspecified atom stereocenters. The number of para-hydroxylation sites is 2. The molecule has 2 N–H and O–H groups in total. The Kier molecular flexibility index (Phi) is 5.68. The van der Waals surface area contributed by atoms with Gasteiger partial charge in [-0.3, -0.25) is 14.5 Å². The molecule has 0 saturated carbocycles. The monoisotopic (exact) mass is 387 g/mol. The van der Waals surface area contributed by atoms with Crippen LogP contribution in [0.1, 0.15) is 11.5 Å². The number of ether oxygens (including phenoxy) is 1. The Labute approximate surface area is 164 Å². The van der Waals surface area contributed by atoms with E-state index in [4.69, 9.17) is 10.5 Å². The van der Waals surface area contributed by atoms with E-state index in [1.165, 1.54) is 4.90 Å². The Morgan fingerprint density at radius 3 is 2.56 bits per heavy atom. The molecule has 142 valence electrons. The van der Waals surface area contributed by atoms with Crippen LogP contribution in [0, 0.1) is 0 Å². The number of halogens is 1. The SMILES string of the molecule is Cl.N[C@@H]1CN(C(=O)CN2C(=O)COc3ccccc32)C[C@H]1c1ccccc1. The number of likely N-dealkylation sites (tertiary alicyclic amines) is 1. The first kappa shape index (κ1) is 19.2. The highest BCUT2D eigenvalue weighted by Crippen LogP contribution is 2.32. The second kappa shape index (κ2) is 7.98. The average molecular weight is 388 g/mol.